The van der Waals surface area contributed by atoms with E-state index < -0.39 is 36.4 Å². The Bertz CT molecular complexity index is 1530. The third kappa shape index (κ3) is 8.32. The van der Waals surface area contributed by atoms with E-state index in [1.807, 2.05) is 26.0 Å². The van der Waals surface area contributed by atoms with Crippen LogP contribution in [0.5, 0.6) is 11.5 Å². The fourth-order valence-electron chi connectivity index (χ4n) is 6.27. The molecular weight excluding hydrogens is 604 g/mol. The molecule has 48 heavy (non-hydrogen) atoms. The molecule has 2 aliphatic rings. The van der Waals surface area contributed by atoms with Gasteiger partial charge in [0.05, 0.1) is 12.6 Å². The summed E-state index contributed by atoms with van der Waals surface area (Å²) in [6.07, 6.45) is 1.42. The smallest absolute Gasteiger partial charge is 0.190 e. The monoisotopic (exact) mass is 664 g/mol. The van der Waals surface area contributed by atoms with E-state index >= 15 is 0 Å². The minimum atomic E-state index is -0.795. The van der Waals surface area contributed by atoms with Gasteiger partial charge in [0.25, 0.3) is 0 Å². The molecule has 2 saturated heterocycles. The van der Waals surface area contributed by atoms with Crippen LogP contribution < -0.4 is 0 Å². The van der Waals surface area contributed by atoms with Crippen LogP contribution in [0.4, 0.5) is 0 Å². The molecule has 8 nitrogen and oxygen atoms in total. The first-order valence-corrected chi connectivity index (χ1v) is 17.2. The van der Waals surface area contributed by atoms with E-state index in [1.54, 1.807) is 19.5 Å². The van der Waals surface area contributed by atoms with Crippen LogP contribution in [0.1, 0.15) is 130 Å². The quantitative estimate of drug-likeness (QED) is 0.290. The van der Waals surface area contributed by atoms with E-state index in [1.165, 1.54) is 0 Å². The zero-order chi connectivity index (χ0) is 36.2. The number of hydrogen-bond acceptors (Lipinski definition) is 8. The van der Waals surface area contributed by atoms with Crippen LogP contribution in [-0.4, -0.2) is 72.7 Å². The van der Waals surface area contributed by atoms with Crippen molar-refractivity contribution in [3.8, 4) is 11.5 Å². The highest BCUT2D eigenvalue weighted by atomic mass is 16.8. The van der Waals surface area contributed by atoms with Crippen molar-refractivity contribution in [2.45, 2.75) is 155 Å². The van der Waals surface area contributed by atoms with E-state index in [4.69, 9.17) is 28.9 Å². The fraction of sp³-hybridized carbons (Fsp3) is 0.650. The number of ether oxygens (including phenoxy) is 4. The molecule has 0 saturated carbocycles. The molecule has 0 aromatic heterocycles. The molecule has 0 bridgehead atoms. The maximum atomic E-state index is 11.5. The number of hydrogen-bond donors (Lipinski definition) is 2. The molecule has 0 aliphatic carbocycles. The summed E-state index contributed by atoms with van der Waals surface area (Å²) in [7, 11) is 1.64. The number of benzene rings is 2. The van der Waals surface area contributed by atoms with Crippen molar-refractivity contribution in [2.24, 2.45) is 9.98 Å². The second kappa shape index (κ2) is 13.2. The largest absolute Gasteiger partial charge is 0.507 e. The third-order valence-corrected chi connectivity index (χ3v) is 9.23. The van der Waals surface area contributed by atoms with Crippen molar-refractivity contribution in [1.29, 1.82) is 0 Å². The number of nitrogens with zero attached hydrogens (tertiary/aromatic N) is 2. The van der Waals surface area contributed by atoms with Crippen LogP contribution in [-0.2, 0) is 40.6 Å². The number of phenols is 2. The third-order valence-electron chi connectivity index (χ3n) is 9.23. The van der Waals surface area contributed by atoms with Crippen LogP contribution in [0, 0.1) is 0 Å². The predicted octanol–water partition coefficient (Wildman–Crippen LogP) is 8.09. The number of aliphatic imine (C=N–C) groups is 2. The summed E-state index contributed by atoms with van der Waals surface area (Å²) in [5.41, 5.74) is 4.46. The standard InChI is InChI=1S/C40H60N2O6/c1-36(2,3)25-16-23(30(43)27(18-25)38(7,8)9)20-41-22-29(32-33(45-15)34-35(46-32)48-40(13,14)47-34)42-21-24-17-26(37(4,5)6)19-28(31(24)44)39(10,11)12/h16-21,29,32-35,43-44H,22H2,1-15H3/t29-,32+,33-,34+,35+/m0/s1. The van der Waals surface area contributed by atoms with Gasteiger partial charge in [0.1, 0.15) is 29.8 Å². The summed E-state index contributed by atoms with van der Waals surface area (Å²) < 4.78 is 24.7. The van der Waals surface area contributed by atoms with E-state index in [9.17, 15) is 10.2 Å². The lowest BCUT2D eigenvalue weighted by atomic mass is 9.79. The molecule has 2 heterocycles. The maximum absolute atomic E-state index is 11.5. The molecule has 0 amide bonds. The van der Waals surface area contributed by atoms with Gasteiger partial charge in [0.15, 0.2) is 12.1 Å². The molecule has 0 unspecified atom stereocenters. The summed E-state index contributed by atoms with van der Waals surface area (Å²) in [6, 6.07) is 7.69. The van der Waals surface area contributed by atoms with Gasteiger partial charge in [0.2, 0.25) is 0 Å². The second-order valence-corrected chi connectivity index (χ2v) is 18.0. The number of methoxy groups -OCH3 is 1. The summed E-state index contributed by atoms with van der Waals surface area (Å²) >= 11 is 0. The molecule has 0 radical (unpaired) electrons. The van der Waals surface area contributed by atoms with Crippen LogP contribution in [0.3, 0.4) is 0 Å². The molecule has 2 fully saturated rings. The Balaban J connectivity index is 1.78. The fourth-order valence-corrected chi connectivity index (χ4v) is 6.27. The molecule has 2 N–H and O–H groups in total. The minimum Gasteiger partial charge on any atom is -0.507 e. The topological polar surface area (TPSA) is 102 Å². The number of phenolic OH excluding ortho intramolecular Hbond substituents is 2. The summed E-state index contributed by atoms with van der Waals surface area (Å²) in [4.78, 5) is 9.89. The maximum Gasteiger partial charge on any atom is 0.190 e. The zero-order valence-corrected chi connectivity index (χ0v) is 32.0. The minimum absolute atomic E-state index is 0.118. The second-order valence-electron chi connectivity index (χ2n) is 18.0. The Hall–Kier alpha value is -2.78. The Morgan fingerprint density at radius 2 is 1.23 bits per heavy atom. The lowest BCUT2D eigenvalue weighted by molar-refractivity contribution is -0.218. The zero-order valence-electron chi connectivity index (χ0n) is 32.0. The highest BCUT2D eigenvalue weighted by Crippen LogP contribution is 2.41. The number of fused-ring (bicyclic) bond motifs is 1. The SMILES string of the molecule is CO[C@@H]1[C@H]2OC(C)(C)O[C@H]2O[C@@H]1[C@H](CN=Cc1cc(C(C)(C)C)cc(C(C)(C)C)c1O)N=Cc1cc(C(C)(C)C)cc(C(C)(C)C)c1O. The Morgan fingerprint density at radius 1 is 0.750 bits per heavy atom. The molecule has 266 valence electrons. The summed E-state index contributed by atoms with van der Waals surface area (Å²) in [5, 5.41) is 22.8. The van der Waals surface area contributed by atoms with E-state index in [0.29, 0.717) is 11.1 Å². The summed E-state index contributed by atoms with van der Waals surface area (Å²) in [6.45, 7) is 29.5. The lowest BCUT2D eigenvalue weighted by Crippen LogP contribution is -2.42. The van der Waals surface area contributed by atoms with Gasteiger partial charge in [-0.2, -0.15) is 0 Å². The average Bonchev–Trinajstić information content (AvgIpc) is 3.40. The normalized spacial score (nSPS) is 24.1. The van der Waals surface area contributed by atoms with Crippen LogP contribution in [0.15, 0.2) is 34.3 Å². The van der Waals surface area contributed by atoms with Crippen molar-refractivity contribution in [1.82, 2.24) is 0 Å². The molecule has 2 aromatic rings. The van der Waals surface area contributed by atoms with Crippen molar-refractivity contribution in [3.05, 3.63) is 57.6 Å². The van der Waals surface area contributed by atoms with Crippen LogP contribution in [0.2, 0.25) is 0 Å². The number of aromatic hydroxyl groups is 2. The van der Waals surface area contributed by atoms with Crippen molar-refractivity contribution < 1.29 is 29.2 Å². The van der Waals surface area contributed by atoms with Gasteiger partial charge >= 0.3 is 0 Å². The highest BCUT2D eigenvalue weighted by Gasteiger charge is 2.56. The average molecular weight is 665 g/mol. The number of rotatable bonds is 7. The van der Waals surface area contributed by atoms with Crippen LogP contribution in [0.25, 0.3) is 0 Å². The van der Waals surface area contributed by atoms with Gasteiger partial charge in [0, 0.05) is 41.8 Å². The van der Waals surface area contributed by atoms with Gasteiger partial charge in [-0.25, -0.2) is 0 Å². The van der Waals surface area contributed by atoms with Crippen molar-refractivity contribution in [3.63, 3.8) is 0 Å². The molecular formula is C40H60N2O6. The van der Waals surface area contributed by atoms with Gasteiger partial charge in [-0.1, -0.05) is 95.2 Å². The molecule has 5 atom stereocenters. The van der Waals surface area contributed by atoms with Gasteiger partial charge in [-0.15, -0.1) is 0 Å². The molecule has 0 spiro atoms. The van der Waals surface area contributed by atoms with E-state index in [0.717, 1.165) is 22.3 Å². The first kappa shape index (κ1) is 38.0. The Kier molecular flexibility index (Phi) is 10.4. The van der Waals surface area contributed by atoms with Crippen molar-refractivity contribution >= 4 is 12.4 Å². The van der Waals surface area contributed by atoms with E-state index in [2.05, 4.69) is 95.2 Å². The first-order valence-electron chi connectivity index (χ1n) is 17.2. The van der Waals surface area contributed by atoms with Crippen molar-refractivity contribution in [2.75, 3.05) is 13.7 Å². The highest BCUT2D eigenvalue weighted by molar-refractivity contribution is 5.86. The van der Waals surface area contributed by atoms with Gasteiger partial charge in [-0.05, 0) is 58.8 Å². The van der Waals surface area contributed by atoms with Crippen LogP contribution >= 0.6 is 0 Å². The lowest BCUT2D eigenvalue weighted by Gasteiger charge is -2.28. The summed E-state index contributed by atoms with van der Waals surface area (Å²) in [5.74, 6) is -0.360. The predicted molar refractivity (Wildman–Crippen MR) is 194 cm³/mol. The first-order chi connectivity index (χ1) is 21.8. The molecule has 4 rings (SSSR count). The molecule has 8 heteroatoms. The Labute approximate surface area is 289 Å². The van der Waals surface area contributed by atoms with Gasteiger partial charge < -0.3 is 29.2 Å². The molecule has 2 aliphatic heterocycles. The molecule has 2 aromatic carbocycles. The van der Waals surface area contributed by atoms with E-state index in [-0.39, 0.29) is 39.7 Å². The Morgan fingerprint density at radius 3 is 1.67 bits per heavy atom. The van der Waals surface area contributed by atoms with Gasteiger partial charge in [-0.3, -0.25) is 9.98 Å².